The Kier molecular flexibility index (Phi) is 5.61. The fourth-order valence-corrected chi connectivity index (χ4v) is 2.66. The van der Waals surface area contributed by atoms with Gasteiger partial charge in [-0.05, 0) is 42.5 Å². The smallest absolute Gasteiger partial charge is 0.271 e. The first-order valence-electron chi connectivity index (χ1n) is 8.23. The van der Waals surface area contributed by atoms with E-state index in [2.05, 4.69) is 10.4 Å². The molecule has 0 saturated carbocycles. The van der Waals surface area contributed by atoms with Crippen molar-refractivity contribution in [3.63, 3.8) is 0 Å². The van der Waals surface area contributed by atoms with Crippen LogP contribution in [0.15, 0.2) is 47.6 Å². The van der Waals surface area contributed by atoms with Gasteiger partial charge >= 0.3 is 0 Å². The highest BCUT2D eigenvalue weighted by Crippen LogP contribution is 2.33. The average molecular weight is 388 g/mol. The molecule has 0 aliphatic carbocycles. The maximum atomic E-state index is 12.5. The molecule has 0 radical (unpaired) electrons. The van der Waals surface area contributed by atoms with Crippen LogP contribution in [0.5, 0.6) is 17.2 Å². The fraction of sp³-hybridized carbons (Fsp3) is 0.211. The number of halogens is 1. The summed E-state index contributed by atoms with van der Waals surface area (Å²) in [5.41, 5.74) is 0.679. The lowest BCUT2D eigenvalue weighted by atomic mass is 10.1. The second kappa shape index (κ2) is 8.09. The Morgan fingerprint density at radius 1 is 1.15 bits per heavy atom. The summed E-state index contributed by atoms with van der Waals surface area (Å²) < 4.78 is 11.0. The van der Waals surface area contributed by atoms with Crippen molar-refractivity contribution < 1.29 is 19.1 Å². The second-order valence-electron chi connectivity index (χ2n) is 5.84. The van der Waals surface area contributed by atoms with Gasteiger partial charge in [0, 0.05) is 24.9 Å². The fourth-order valence-electron chi connectivity index (χ4n) is 2.49. The van der Waals surface area contributed by atoms with E-state index in [1.54, 1.807) is 49.6 Å². The molecule has 0 fully saturated rings. The van der Waals surface area contributed by atoms with E-state index in [4.69, 9.17) is 21.1 Å². The molecule has 1 aliphatic rings. The SMILES string of the molecule is COc1ccc(Oc2ccc(Cl)cc2NC(=O)C2=NN(C)C(=O)CC2)cc1. The number of nitrogens with one attached hydrogen (secondary N) is 1. The number of anilines is 1. The van der Waals surface area contributed by atoms with Crippen LogP contribution in [0.1, 0.15) is 12.8 Å². The lowest BCUT2D eigenvalue weighted by Crippen LogP contribution is -2.34. The molecule has 140 valence electrons. The summed E-state index contributed by atoms with van der Waals surface area (Å²) in [6.07, 6.45) is 0.526. The van der Waals surface area contributed by atoms with Crippen LogP contribution in [0.3, 0.4) is 0 Å². The van der Waals surface area contributed by atoms with E-state index in [-0.39, 0.29) is 24.5 Å². The van der Waals surface area contributed by atoms with E-state index >= 15 is 0 Å². The van der Waals surface area contributed by atoms with Crippen LogP contribution in [0.25, 0.3) is 0 Å². The normalized spacial score (nSPS) is 13.8. The first kappa shape index (κ1) is 18.7. The van der Waals surface area contributed by atoms with Crippen LogP contribution in [-0.2, 0) is 9.59 Å². The number of hydrogen-bond donors (Lipinski definition) is 1. The van der Waals surface area contributed by atoms with E-state index in [1.165, 1.54) is 12.1 Å². The molecule has 7 nitrogen and oxygen atoms in total. The van der Waals surface area contributed by atoms with Crippen LogP contribution >= 0.6 is 11.6 Å². The predicted octanol–water partition coefficient (Wildman–Crippen LogP) is 3.69. The van der Waals surface area contributed by atoms with Crippen molar-refractivity contribution in [3.8, 4) is 17.2 Å². The number of hydrogen-bond acceptors (Lipinski definition) is 5. The maximum absolute atomic E-state index is 12.5. The van der Waals surface area contributed by atoms with Crippen LogP contribution in [0.4, 0.5) is 5.69 Å². The van der Waals surface area contributed by atoms with Crippen molar-refractivity contribution in [2.24, 2.45) is 5.10 Å². The first-order valence-corrected chi connectivity index (χ1v) is 8.61. The Balaban J connectivity index is 1.80. The Hall–Kier alpha value is -3.06. The van der Waals surface area contributed by atoms with Gasteiger partial charge in [0.05, 0.1) is 12.8 Å². The van der Waals surface area contributed by atoms with Crippen molar-refractivity contribution in [3.05, 3.63) is 47.5 Å². The molecule has 0 saturated heterocycles. The van der Waals surface area contributed by atoms with Crippen LogP contribution in [0, 0.1) is 0 Å². The van der Waals surface area contributed by atoms with Gasteiger partial charge in [0.1, 0.15) is 17.2 Å². The minimum atomic E-state index is -0.406. The van der Waals surface area contributed by atoms with Gasteiger partial charge in [-0.1, -0.05) is 11.6 Å². The zero-order valence-corrected chi connectivity index (χ0v) is 15.6. The number of methoxy groups -OCH3 is 1. The maximum Gasteiger partial charge on any atom is 0.271 e. The molecule has 8 heteroatoms. The molecule has 0 bridgehead atoms. The van der Waals surface area contributed by atoms with Crippen molar-refractivity contribution in [2.45, 2.75) is 12.8 Å². The van der Waals surface area contributed by atoms with Gasteiger partial charge in [-0.25, -0.2) is 5.01 Å². The van der Waals surface area contributed by atoms with E-state index in [0.717, 1.165) is 0 Å². The van der Waals surface area contributed by atoms with E-state index in [0.29, 0.717) is 28.0 Å². The Labute approximate surface area is 161 Å². The average Bonchev–Trinajstić information content (AvgIpc) is 2.66. The zero-order chi connectivity index (χ0) is 19.4. The van der Waals surface area contributed by atoms with Crippen molar-refractivity contribution in [1.82, 2.24) is 5.01 Å². The summed E-state index contributed by atoms with van der Waals surface area (Å²) in [6.45, 7) is 0. The van der Waals surface area contributed by atoms with Gasteiger partial charge in [-0.2, -0.15) is 5.10 Å². The topological polar surface area (TPSA) is 80.2 Å². The summed E-state index contributed by atoms with van der Waals surface area (Å²) in [6, 6.07) is 12.0. The number of carbonyl (C=O) groups excluding carboxylic acids is 2. The van der Waals surface area contributed by atoms with Gasteiger partial charge < -0.3 is 14.8 Å². The number of rotatable bonds is 5. The highest BCUT2D eigenvalue weighted by atomic mass is 35.5. The summed E-state index contributed by atoms with van der Waals surface area (Å²) in [5, 5.41) is 8.39. The second-order valence-corrected chi connectivity index (χ2v) is 6.27. The third kappa shape index (κ3) is 4.57. The molecule has 1 heterocycles. The van der Waals surface area contributed by atoms with Gasteiger partial charge in [-0.3, -0.25) is 9.59 Å². The van der Waals surface area contributed by atoms with Gasteiger partial charge in [0.2, 0.25) is 5.91 Å². The van der Waals surface area contributed by atoms with E-state index in [9.17, 15) is 9.59 Å². The molecule has 1 aliphatic heterocycles. The summed E-state index contributed by atoms with van der Waals surface area (Å²) in [5.74, 6) is 1.18. The number of hydrazone groups is 1. The van der Waals surface area contributed by atoms with Crippen LogP contribution in [0.2, 0.25) is 5.02 Å². The molecular formula is C19H18ClN3O4. The quantitative estimate of drug-likeness (QED) is 0.848. The monoisotopic (exact) mass is 387 g/mol. The molecule has 3 rings (SSSR count). The van der Waals surface area contributed by atoms with Gasteiger partial charge in [0.25, 0.3) is 5.91 Å². The Bertz CT molecular complexity index is 896. The molecule has 2 aromatic carbocycles. The zero-order valence-electron chi connectivity index (χ0n) is 14.9. The Morgan fingerprint density at radius 3 is 2.52 bits per heavy atom. The molecule has 0 spiro atoms. The van der Waals surface area contributed by atoms with Gasteiger partial charge in [-0.15, -0.1) is 0 Å². The third-order valence-electron chi connectivity index (χ3n) is 3.95. The number of nitrogens with zero attached hydrogens (tertiary/aromatic N) is 2. The standard InChI is InChI=1S/C19H18ClN3O4/c1-23-18(24)10-8-15(22-23)19(25)21-16-11-12(20)3-9-17(16)27-14-6-4-13(26-2)5-7-14/h3-7,9,11H,8,10H2,1-2H3,(H,21,25). The lowest BCUT2D eigenvalue weighted by Gasteiger charge is -2.19. The number of amides is 2. The summed E-state index contributed by atoms with van der Waals surface area (Å²) in [4.78, 5) is 24.0. The number of carbonyl (C=O) groups is 2. The largest absolute Gasteiger partial charge is 0.497 e. The summed E-state index contributed by atoms with van der Waals surface area (Å²) in [7, 11) is 3.11. The highest BCUT2D eigenvalue weighted by Gasteiger charge is 2.23. The molecular weight excluding hydrogens is 370 g/mol. The van der Waals surface area contributed by atoms with Gasteiger partial charge in [0.15, 0.2) is 5.75 Å². The minimum Gasteiger partial charge on any atom is -0.497 e. The summed E-state index contributed by atoms with van der Waals surface area (Å²) >= 11 is 6.06. The van der Waals surface area contributed by atoms with E-state index < -0.39 is 5.91 Å². The molecule has 0 aromatic heterocycles. The molecule has 1 N–H and O–H groups in total. The minimum absolute atomic E-state index is 0.127. The van der Waals surface area contributed by atoms with Crippen molar-refractivity contribution in [2.75, 3.05) is 19.5 Å². The first-order chi connectivity index (χ1) is 13.0. The predicted molar refractivity (Wildman–Crippen MR) is 103 cm³/mol. The lowest BCUT2D eigenvalue weighted by molar-refractivity contribution is -0.130. The molecule has 2 aromatic rings. The third-order valence-corrected chi connectivity index (χ3v) is 4.18. The molecule has 0 atom stereocenters. The highest BCUT2D eigenvalue weighted by molar-refractivity contribution is 6.43. The van der Waals surface area contributed by atoms with E-state index in [1.807, 2.05) is 0 Å². The molecule has 27 heavy (non-hydrogen) atoms. The Morgan fingerprint density at radius 2 is 1.85 bits per heavy atom. The molecule has 0 unspecified atom stereocenters. The molecule has 2 amide bonds. The van der Waals surface area contributed by atoms with Crippen LogP contribution in [-0.4, -0.2) is 36.7 Å². The van der Waals surface area contributed by atoms with Crippen LogP contribution < -0.4 is 14.8 Å². The number of ether oxygens (including phenoxy) is 2. The number of benzene rings is 2. The van der Waals surface area contributed by atoms with Crippen molar-refractivity contribution >= 4 is 34.8 Å². The van der Waals surface area contributed by atoms with Crippen molar-refractivity contribution in [1.29, 1.82) is 0 Å².